The van der Waals surface area contributed by atoms with Gasteiger partial charge in [-0.25, -0.2) is 4.39 Å². The number of nitrogens with zero attached hydrogens (tertiary/aromatic N) is 1. The van der Waals surface area contributed by atoms with Crippen molar-refractivity contribution >= 4 is 11.7 Å². The van der Waals surface area contributed by atoms with Crippen molar-refractivity contribution in [1.82, 2.24) is 5.32 Å². The molecule has 0 spiro atoms. The molecule has 1 aliphatic rings. The van der Waals surface area contributed by atoms with Gasteiger partial charge in [-0.1, -0.05) is 30.1 Å². The van der Waals surface area contributed by atoms with E-state index in [-0.39, 0.29) is 18.3 Å². The maximum absolute atomic E-state index is 13.9. The molecule has 0 radical (unpaired) electrons. The van der Waals surface area contributed by atoms with Gasteiger partial charge >= 0.3 is 0 Å². The van der Waals surface area contributed by atoms with Crippen LogP contribution in [0.3, 0.4) is 0 Å². The van der Waals surface area contributed by atoms with Gasteiger partial charge in [0.2, 0.25) is 5.91 Å². The van der Waals surface area contributed by atoms with E-state index in [0.717, 1.165) is 12.8 Å². The Morgan fingerprint density at radius 1 is 1.43 bits per heavy atom. The molecule has 2 rings (SSSR count). The van der Waals surface area contributed by atoms with Crippen molar-refractivity contribution < 1.29 is 14.4 Å². The van der Waals surface area contributed by atoms with Gasteiger partial charge in [0.1, 0.15) is 5.82 Å². The molecular formula is C15H20FN3O2. The zero-order valence-electron chi connectivity index (χ0n) is 11.8. The van der Waals surface area contributed by atoms with Gasteiger partial charge in [0, 0.05) is 24.1 Å². The van der Waals surface area contributed by atoms with Crippen LogP contribution in [0.2, 0.25) is 0 Å². The molecule has 0 saturated heterocycles. The average molecular weight is 293 g/mol. The van der Waals surface area contributed by atoms with E-state index < -0.39 is 5.82 Å². The minimum absolute atomic E-state index is 0.0400. The van der Waals surface area contributed by atoms with Crippen molar-refractivity contribution in [3.63, 3.8) is 0 Å². The number of nitrogens with one attached hydrogen (secondary N) is 1. The third-order valence-electron chi connectivity index (χ3n) is 3.88. The molecular weight excluding hydrogens is 273 g/mol. The highest BCUT2D eigenvalue weighted by Gasteiger charge is 2.18. The lowest BCUT2D eigenvalue weighted by Gasteiger charge is -2.10. The zero-order valence-corrected chi connectivity index (χ0v) is 11.8. The van der Waals surface area contributed by atoms with E-state index in [1.54, 1.807) is 6.07 Å². The fourth-order valence-corrected chi connectivity index (χ4v) is 2.65. The van der Waals surface area contributed by atoms with Gasteiger partial charge in [0.25, 0.3) is 0 Å². The van der Waals surface area contributed by atoms with Crippen LogP contribution in [0.5, 0.6) is 0 Å². The van der Waals surface area contributed by atoms with E-state index in [9.17, 15) is 9.18 Å². The summed E-state index contributed by atoms with van der Waals surface area (Å²) in [5.74, 6) is -0.203. The Hall–Kier alpha value is -2.11. The first-order valence-corrected chi connectivity index (χ1v) is 7.13. The molecule has 0 heterocycles. The number of carbonyl (C=O) groups is 1. The molecule has 0 atom stereocenters. The van der Waals surface area contributed by atoms with Crippen molar-refractivity contribution in [2.24, 2.45) is 16.8 Å². The quantitative estimate of drug-likeness (QED) is 0.336. The van der Waals surface area contributed by atoms with Crippen LogP contribution in [0, 0.1) is 11.7 Å². The Morgan fingerprint density at radius 3 is 2.76 bits per heavy atom. The van der Waals surface area contributed by atoms with Gasteiger partial charge in [0.15, 0.2) is 5.84 Å². The number of halogens is 1. The predicted molar refractivity (Wildman–Crippen MR) is 77.3 cm³/mol. The van der Waals surface area contributed by atoms with Crippen LogP contribution in [-0.4, -0.2) is 17.0 Å². The monoisotopic (exact) mass is 293 g/mol. The number of carbonyl (C=O) groups excluding carboxylic acids is 1. The maximum atomic E-state index is 13.9. The lowest BCUT2D eigenvalue weighted by atomic mass is 10.0. The molecule has 1 aromatic carbocycles. The molecule has 1 aromatic rings. The van der Waals surface area contributed by atoms with Crippen LogP contribution < -0.4 is 11.1 Å². The predicted octanol–water partition coefficient (Wildman–Crippen LogP) is 2.12. The molecule has 1 aliphatic carbocycles. The highest BCUT2D eigenvalue weighted by molar-refractivity contribution is 5.97. The molecule has 1 fully saturated rings. The third-order valence-corrected chi connectivity index (χ3v) is 3.88. The van der Waals surface area contributed by atoms with Crippen molar-refractivity contribution in [3.05, 3.63) is 35.1 Å². The Bertz CT molecular complexity index is 540. The van der Waals surface area contributed by atoms with Crippen LogP contribution in [-0.2, 0) is 11.3 Å². The number of oxime groups is 1. The van der Waals surface area contributed by atoms with Gasteiger partial charge in [-0.05, 0) is 24.8 Å². The molecule has 114 valence electrons. The van der Waals surface area contributed by atoms with Gasteiger partial charge in [0.05, 0.1) is 0 Å². The molecule has 5 nitrogen and oxygen atoms in total. The van der Waals surface area contributed by atoms with E-state index in [4.69, 9.17) is 10.9 Å². The van der Waals surface area contributed by atoms with E-state index >= 15 is 0 Å². The molecule has 0 unspecified atom stereocenters. The normalized spacial score (nSPS) is 16.1. The van der Waals surface area contributed by atoms with Gasteiger partial charge in [-0.15, -0.1) is 0 Å². The molecule has 0 aliphatic heterocycles. The topological polar surface area (TPSA) is 87.7 Å². The standard InChI is InChI=1S/C15H20FN3O2/c16-13-8-11(15(17)19-21)5-6-12(13)9-18-14(20)7-10-3-1-2-4-10/h5-6,8,10,21H,1-4,7,9H2,(H2,17,19)(H,18,20). The molecule has 1 amide bonds. The van der Waals surface area contributed by atoms with Crippen LogP contribution in [0.1, 0.15) is 43.2 Å². The van der Waals surface area contributed by atoms with E-state index in [2.05, 4.69) is 10.5 Å². The number of amidine groups is 1. The van der Waals surface area contributed by atoms with Crippen molar-refractivity contribution in [3.8, 4) is 0 Å². The van der Waals surface area contributed by atoms with Crippen LogP contribution >= 0.6 is 0 Å². The number of amides is 1. The summed E-state index contributed by atoms with van der Waals surface area (Å²) in [7, 11) is 0. The lowest BCUT2D eigenvalue weighted by molar-refractivity contribution is -0.122. The second-order valence-electron chi connectivity index (χ2n) is 5.42. The van der Waals surface area contributed by atoms with E-state index in [0.29, 0.717) is 23.5 Å². The molecule has 0 bridgehead atoms. The van der Waals surface area contributed by atoms with Gasteiger partial charge in [-0.3, -0.25) is 4.79 Å². The minimum atomic E-state index is -0.486. The van der Waals surface area contributed by atoms with Crippen LogP contribution in [0.4, 0.5) is 4.39 Å². The first kappa shape index (κ1) is 15.3. The zero-order chi connectivity index (χ0) is 15.2. The Kier molecular flexibility index (Phi) is 5.14. The Labute approximate surface area is 123 Å². The van der Waals surface area contributed by atoms with E-state index in [1.807, 2.05) is 0 Å². The second kappa shape index (κ2) is 7.06. The number of nitrogens with two attached hydrogens (primary N) is 1. The number of benzene rings is 1. The maximum Gasteiger partial charge on any atom is 0.220 e. The van der Waals surface area contributed by atoms with Gasteiger partial charge in [-0.2, -0.15) is 0 Å². The number of hydrogen-bond donors (Lipinski definition) is 3. The largest absolute Gasteiger partial charge is 0.409 e. The molecule has 0 aromatic heterocycles. The summed E-state index contributed by atoms with van der Waals surface area (Å²) < 4.78 is 13.9. The third kappa shape index (κ3) is 4.18. The lowest BCUT2D eigenvalue weighted by Crippen LogP contribution is -2.25. The van der Waals surface area contributed by atoms with Crippen molar-refractivity contribution in [2.75, 3.05) is 0 Å². The Morgan fingerprint density at radius 2 is 2.14 bits per heavy atom. The first-order valence-electron chi connectivity index (χ1n) is 7.13. The summed E-state index contributed by atoms with van der Waals surface area (Å²) in [6.45, 7) is 0.147. The second-order valence-corrected chi connectivity index (χ2v) is 5.42. The van der Waals surface area contributed by atoms with Crippen LogP contribution in [0.25, 0.3) is 0 Å². The first-order chi connectivity index (χ1) is 10.1. The molecule has 6 heteroatoms. The average Bonchev–Trinajstić information content (AvgIpc) is 2.98. The van der Waals surface area contributed by atoms with Gasteiger partial charge < -0.3 is 16.3 Å². The highest BCUT2D eigenvalue weighted by atomic mass is 19.1. The summed E-state index contributed by atoms with van der Waals surface area (Å²) in [5.41, 5.74) is 6.07. The summed E-state index contributed by atoms with van der Waals surface area (Å²) in [6, 6.07) is 4.27. The minimum Gasteiger partial charge on any atom is -0.409 e. The smallest absolute Gasteiger partial charge is 0.220 e. The number of hydrogen-bond acceptors (Lipinski definition) is 3. The van der Waals surface area contributed by atoms with Crippen molar-refractivity contribution in [1.29, 1.82) is 0 Å². The number of rotatable bonds is 5. The fourth-order valence-electron chi connectivity index (χ4n) is 2.65. The fraction of sp³-hybridized carbons (Fsp3) is 0.467. The Balaban J connectivity index is 1.89. The molecule has 1 saturated carbocycles. The van der Waals surface area contributed by atoms with Crippen molar-refractivity contribution in [2.45, 2.75) is 38.6 Å². The van der Waals surface area contributed by atoms with E-state index in [1.165, 1.54) is 25.0 Å². The highest BCUT2D eigenvalue weighted by Crippen LogP contribution is 2.27. The van der Waals surface area contributed by atoms with Crippen LogP contribution in [0.15, 0.2) is 23.4 Å². The summed E-state index contributed by atoms with van der Waals surface area (Å²) >= 11 is 0. The summed E-state index contributed by atoms with van der Waals surface area (Å²) in [4.78, 5) is 11.8. The molecule has 4 N–H and O–H groups in total. The summed E-state index contributed by atoms with van der Waals surface area (Å²) in [6.07, 6.45) is 5.13. The summed E-state index contributed by atoms with van der Waals surface area (Å²) in [5, 5.41) is 14.1. The molecule has 21 heavy (non-hydrogen) atoms. The SMILES string of the molecule is NC(=NO)c1ccc(CNC(=O)CC2CCCC2)c(F)c1.